The zero-order chi connectivity index (χ0) is 9.68. The van der Waals surface area contributed by atoms with Crippen LogP contribution in [0, 0.1) is 0 Å². The van der Waals surface area contributed by atoms with E-state index in [0.29, 0.717) is 0 Å². The molecule has 0 atom stereocenters. The standard InChI is InChI=1S/C9H16N4/c1-4-13(5-2)9-7-11-6-8(10-3)12-9/h6-7H,4-5H2,1-3H3,(H,10,12). The molecule has 13 heavy (non-hydrogen) atoms. The number of anilines is 2. The average molecular weight is 180 g/mol. The second kappa shape index (κ2) is 4.64. The highest BCUT2D eigenvalue weighted by Gasteiger charge is 2.03. The van der Waals surface area contributed by atoms with Crippen molar-refractivity contribution in [2.45, 2.75) is 13.8 Å². The van der Waals surface area contributed by atoms with E-state index < -0.39 is 0 Å². The quantitative estimate of drug-likeness (QED) is 0.759. The number of nitrogens with zero attached hydrogens (tertiary/aromatic N) is 3. The van der Waals surface area contributed by atoms with Gasteiger partial charge in [0.25, 0.3) is 0 Å². The van der Waals surface area contributed by atoms with Crippen LogP contribution in [0.1, 0.15) is 13.8 Å². The van der Waals surface area contributed by atoms with Gasteiger partial charge >= 0.3 is 0 Å². The summed E-state index contributed by atoms with van der Waals surface area (Å²) in [6.07, 6.45) is 3.50. The van der Waals surface area contributed by atoms with Gasteiger partial charge in [-0.2, -0.15) is 0 Å². The number of nitrogens with one attached hydrogen (secondary N) is 1. The van der Waals surface area contributed by atoms with E-state index in [1.54, 1.807) is 12.4 Å². The Kier molecular flexibility index (Phi) is 3.49. The molecule has 0 aliphatic heterocycles. The average Bonchev–Trinajstić information content (AvgIpc) is 2.20. The van der Waals surface area contributed by atoms with Crippen LogP contribution in [-0.4, -0.2) is 30.1 Å². The van der Waals surface area contributed by atoms with Crippen molar-refractivity contribution in [3.05, 3.63) is 12.4 Å². The zero-order valence-corrected chi connectivity index (χ0v) is 8.41. The van der Waals surface area contributed by atoms with Gasteiger partial charge in [-0.3, -0.25) is 4.98 Å². The summed E-state index contributed by atoms with van der Waals surface area (Å²) >= 11 is 0. The van der Waals surface area contributed by atoms with E-state index in [-0.39, 0.29) is 0 Å². The maximum atomic E-state index is 4.39. The third-order valence-corrected chi connectivity index (χ3v) is 1.97. The van der Waals surface area contributed by atoms with E-state index in [2.05, 4.69) is 34.0 Å². The summed E-state index contributed by atoms with van der Waals surface area (Å²) in [7, 11) is 1.84. The van der Waals surface area contributed by atoms with Gasteiger partial charge in [0.05, 0.1) is 12.4 Å². The predicted octanol–water partition coefficient (Wildman–Crippen LogP) is 1.36. The molecule has 0 saturated carbocycles. The van der Waals surface area contributed by atoms with E-state index >= 15 is 0 Å². The summed E-state index contributed by atoms with van der Waals surface area (Å²) in [5, 5.41) is 2.97. The SMILES string of the molecule is CCN(CC)c1cncc(NC)n1. The highest BCUT2D eigenvalue weighted by Crippen LogP contribution is 2.10. The van der Waals surface area contributed by atoms with E-state index in [4.69, 9.17) is 0 Å². The lowest BCUT2D eigenvalue weighted by molar-refractivity contribution is 0.841. The number of aromatic nitrogens is 2. The summed E-state index contributed by atoms with van der Waals surface area (Å²) in [6.45, 7) is 6.13. The van der Waals surface area contributed by atoms with Crippen LogP contribution in [0.15, 0.2) is 12.4 Å². The Morgan fingerprint density at radius 2 is 2.00 bits per heavy atom. The van der Waals surface area contributed by atoms with E-state index in [9.17, 15) is 0 Å². The maximum Gasteiger partial charge on any atom is 0.149 e. The van der Waals surface area contributed by atoms with E-state index in [0.717, 1.165) is 24.7 Å². The molecule has 1 N–H and O–H groups in total. The summed E-state index contributed by atoms with van der Waals surface area (Å²) < 4.78 is 0. The van der Waals surface area contributed by atoms with Crippen molar-refractivity contribution >= 4 is 11.6 Å². The number of rotatable bonds is 4. The van der Waals surface area contributed by atoms with Crippen LogP contribution < -0.4 is 10.2 Å². The highest BCUT2D eigenvalue weighted by molar-refractivity contribution is 5.43. The second-order valence-electron chi connectivity index (χ2n) is 2.68. The van der Waals surface area contributed by atoms with Crippen LogP contribution in [0.2, 0.25) is 0 Å². The fraction of sp³-hybridized carbons (Fsp3) is 0.556. The molecule has 0 spiro atoms. The molecule has 0 fully saturated rings. The first-order valence-corrected chi connectivity index (χ1v) is 4.56. The number of hydrogen-bond donors (Lipinski definition) is 1. The Balaban J connectivity index is 2.86. The molecule has 0 unspecified atom stereocenters. The molecular weight excluding hydrogens is 164 g/mol. The van der Waals surface area contributed by atoms with Gasteiger partial charge in [-0.05, 0) is 13.8 Å². The van der Waals surface area contributed by atoms with Crippen molar-refractivity contribution in [3.8, 4) is 0 Å². The first-order valence-electron chi connectivity index (χ1n) is 4.56. The van der Waals surface area contributed by atoms with Gasteiger partial charge in [-0.1, -0.05) is 0 Å². The van der Waals surface area contributed by atoms with Crippen LogP contribution in [0.5, 0.6) is 0 Å². The molecule has 72 valence electrons. The molecule has 1 aromatic rings. The van der Waals surface area contributed by atoms with Gasteiger partial charge in [0.1, 0.15) is 11.6 Å². The highest BCUT2D eigenvalue weighted by atomic mass is 15.2. The Hall–Kier alpha value is -1.32. The molecule has 0 aliphatic carbocycles. The minimum atomic E-state index is 0.810. The lowest BCUT2D eigenvalue weighted by Gasteiger charge is -2.19. The zero-order valence-electron chi connectivity index (χ0n) is 8.41. The number of hydrogen-bond acceptors (Lipinski definition) is 4. The molecule has 1 rings (SSSR count). The lowest BCUT2D eigenvalue weighted by atomic mass is 10.5. The summed E-state index contributed by atoms with van der Waals surface area (Å²) in [4.78, 5) is 10.7. The summed E-state index contributed by atoms with van der Waals surface area (Å²) in [5.74, 6) is 1.74. The van der Waals surface area contributed by atoms with Crippen LogP contribution in [0.4, 0.5) is 11.6 Å². The first-order chi connectivity index (χ1) is 6.31. The molecule has 0 amide bonds. The van der Waals surface area contributed by atoms with Gasteiger partial charge in [-0.15, -0.1) is 0 Å². The van der Waals surface area contributed by atoms with Gasteiger partial charge in [0, 0.05) is 20.1 Å². The van der Waals surface area contributed by atoms with Crippen molar-refractivity contribution in [1.82, 2.24) is 9.97 Å². The molecule has 4 nitrogen and oxygen atoms in total. The van der Waals surface area contributed by atoms with Crippen LogP contribution >= 0.6 is 0 Å². The van der Waals surface area contributed by atoms with Crippen molar-refractivity contribution < 1.29 is 0 Å². The Morgan fingerprint density at radius 3 is 2.54 bits per heavy atom. The normalized spacial score (nSPS) is 9.77. The molecule has 0 radical (unpaired) electrons. The van der Waals surface area contributed by atoms with Gasteiger partial charge in [0.2, 0.25) is 0 Å². The summed E-state index contributed by atoms with van der Waals surface area (Å²) in [5.41, 5.74) is 0. The van der Waals surface area contributed by atoms with Crippen molar-refractivity contribution in [3.63, 3.8) is 0 Å². The minimum absolute atomic E-state index is 0.810. The third-order valence-electron chi connectivity index (χ3n) is 1.97. The monoisotopic (exact) mass is 180 g/mol. The third kappa shape index (κ3) is 2.31. The van der Waals surface area contributed by atoms with Crippen molar-refractivity contribution in [2.24, 2.45) is 0 Å². The van der Waals surface area contributed by atoms with Gasteiger partial charge < -0.3 is 10.2 Å². The fourth-order valence-corrected chi connectivity index (χ4v) is 1.18. The second-order valence-corrected chi connectivity index (χ2v) is 2.68. The Labute approximate surface area is 79.0 Å². The molecule has 1 heterocycles. The topological polar surface area (TPSA) is 41.1 Å². The minimum Gasteiger partial charge on any atom is -0.372 e. The maximum absolute atomic E-state index is 4.39. The first kappa shape index (κ1) is 9.77. The van der Waals surface area contributed by atoms with E-state index in [1.165, 1.54) is 0 Å². The molecular formula is C9H16N4. The van der Waals surface area contributed by atoms with Crippen LogP contribution in [0.3, 0.4) is 0 Å². The van der Waals surface area contributed by atoms with Crippen LogP contribution in [0.25, 0.3) is 0 Å². The lowest BCUT2D eigenvalue weighted by Crippen LogP contribution is -2.23. The summed E-state index contributed by atoms with van der Waals surface area (Å²) in [6, 6.07) is 0. The van der Waals surface area contributed by atoms with Gasteiger partial charge in [-0.25, -0.2) is 4.98 Å². The molecule has 0 saturated heterocycles. The molecule has 4 heteroatoms. The largest absolute Gasteiger partial charge is 0.372 e. The van der Waals surface area contributed by atoms with Crippen LogP contribution in [-0.2, 0) is 0 Å². The Bertz CT molecular complexity index is 258. The smallest absolute Gasteiger partial charge is 0.149 e. The molecule has 1 aromatic heterocycles. The molecule has 0 aliphatic rings. The van der Waals surface area contributed by atoms with Gasteiger partial charge in [0.15, 0.2) is 0 Å². The Morgan fingerprint density at radius 1 is 1.31 bits per heavy atom. The molecule has 0 bridgehead atoms. The molecule has 0 aromatic carbocycles. The van der Waals surface area contributed by atoms with Crippen molar-refractivity contribution in [2.75, 3.05) is 30.4 Å². The predicted molar refractivity (Wildman–Crippen MR) is 55.1 cm³/mol. The van der Waals surface area contributed by atoms with E-state index in [1.807, 2.05) is 7.05 Å². The van der Waals surface area contributed by atoms with Crippen molar-refractivity contribution in [1.29, 1.82) is 0 Å². The fourth-order valence-electron chi connectivity index (χ4n) is 1.18.